The Kier molecular flexibility index (Phi) is 4.15. The van der Waals surface area contributed by atoms with Crippen LogP contribution in [0.5, 0.6) is 0 Å². The van der Waals surface area contributed by atoms with Crippen molar-refractivity contribution in [2.24, 2.45) is 5.92 Å². The second kappa shape index (κ2) is 5.68. The van der Waals surface area contributed by atoms with E-state index in [0.29, 0.717) is 16.6 Å². The van der Waals surface area contributed by atoms with Gasteiger partial charge in [-0.3, -0.25) is 0 Å². The van der Waals surface area contributed by atoms with E-state index in [9.17, 15) is 5.26 Å². The van der Waals surface area contributed by atoms with Gasteiger partial charge >= 0.3 is 0 Å². The van der Waals surface area contributed by atoms with Gasteiger partial charge in [-0.25, -0.2) is 4.68 Å². The van der Waals surface area contributed by atoms with E-state index in [0.717, 1.165) is 23.4 Å². The van der Waals surface area contributed by atoms with Crippen LogP contribution in [0.4, 0.5) is 0 Å². The molecule has 0 aliphatic carbocycles. The highest BCUT2D eigenvalue weighted by atomic mass is 35.5. The fourth-order valence-electron chi connectivity index (χ4n) is 2.28. The Hall–Kier alpha value is -1.79. The van der Waals surface area contributed by atoms with Crippen LogP contribution in [0.1, 0.15) is 36.2 Å². The minimum absolute atomic E-state index is 0.398. The van der Waals surface area contributed by atoms with Crippen molar-refractivity contribution in [2.45, 2.75) is 34.1 Å². The molecule has 20 heavy (non-hydrogen) atoms. The van der Waals surface area contributed by atoms with Crippen molar-refractivity contribution < 1.29 is 0 Å². The zero-order valence-electron chi connectivity index (χ0n) is 12.2. The Bertz CT molecular complexity index is 678. The summed E-state index contributed by atoms with van der Waals surface area (Å²) in [5.41, 5.74) is 4.47. The van der Waals surface area contributed by atoms with Crippen LogP contribution in [-0.2, 0) is 6.42 Å². The number of benzene rings is 1. The summed E-state index contributed by atoms with van der Waals surface area (Å²) in [7, 11) is 0. The predicted octanol–water partition coefficient (Wildman–Crippen LogP) is 4.21. The molecule has 0 spiro atoms. The van der Waals surface area contributed by atoms with Crippen molar-refractivity contribution in [3.05, 3.63) is 45.7 Å². The first-order chi connectivity index (χ1) is 9.43. The van der Waals surface area contributed by atoms with Gasteiger partial charge in [0.15, 0.2) is 5.15 Å². The van der Waals surface area contributed by atoms with Gasteiger partial charge in [0.1, 0.15) is 11.6 Å². The standard InChI is InChI=1S/C16H18ClN3/c1-10(2)7-14-13(9-18)16(17)20(19-14)15-6-5-11(3)8-12(15)4/h5-6,8,10H,7H2,1-4H3. The maximum atomic E-state index is 9.30. The molecule has 0 bridgehead atoms. The molecule has 4 heteroatoms. The van der Waals surface area contributed by atoms with Crippen LogP contribution in [0, 0.1) is 31.1 Å². The third kappa shape index (κ3) is 2.71. The third-order valence-corrected chi connectivity index (χ3v) is 3.54. The molecule has 2 aromatic rings. The Morgan fingerprint density at radius 3 is 2.60 bits per heavy atom. The normalized spacial score (nSPS) is 10.8. The molecule has 0 unspecified atom stereocenters. The molecular weight excluding hydrogens is 270 g/mol. The molecule has 1 aromatic heterocycles. The van der Waals surface area contributed by atoms with Gasteiger partial charge in [0.25, 0.3) is 0 Å². The lowest BCUT2D eigenvalue weighted by atomic mass is 10.1. The van der Waals surface area contributed by atoms with Crippen molar-refractivity contribution in [3.8, 4) is 11.8 Å². The zero-order valence-corrected chi connectivity index (χ0v) is 13.0. The Morgan fingerprint density at radius 1 is 1.35 bits per heavy atom. The molecule has 1 aromatic carbocycles. The van der Waals surface area contributed by atoms with E-state index < -0.39 is 0 Å². The minimum Gasteiger partial charge on any atom is -0.220 e. The number of halogens is 1. The first-order valence-corrected chi connectivity index (χ1v) is 7.07. The Balaban J connectivity index is 2.58. The molecule has 0 radical (unpaired) electrons. The Labute approximate surface area is 124 Å². The van der Waals surface area contributed by atoms with E-state index in [4.69, 9.17) is 11.6 Å². The predicted molar refractivity (Wildman–Crippen MR) is 81.3 cm³/mol. The molecule has 0 saturated carbocycles. The molecule has 3 nitrogen and oxygen atoms in total. The van der Waals surface area contributed by atoms with Crippen LogP contribution in [0.2, 0.25) is 5.15 Å². The van der Waals surface area contributed by atoms with Crippen LogP contribution >= 0.6 is 11.6 Å². The SMILES string of the molecule is Cc1ccc(-n2nc(CC(C)C)c(C#N)c2Cl)c(C)c1. The molecule has 0 fully saturated rings. The first-order valence-electron chi connectivity index (χ1n) is 6.69. The average Bonchev–Trinajstić information content (AvgIpc) is 2.65. The summed E-state index contributed by atoms with van der Waals surface area (Å²) < 4.78 is 1.67. The van der Waals surface area contributed by atoms with E-state index in [-0.39, 0.29) is 0 Å². The van der Waals surface area contributed by atoms with E-state index in [1.165, 1.54) is 5.56 Å². The third-order valence-electron chi connectivity index (χ3n) is 3.20. The van der Waals surface area contributed by atoms with Crippen molar-refractivity contribution in [3.63, 3.8) is 0 Å². The molecule has 2 rings (SSSR count). The minimum atomic E-state index is 0.398. The van der Waals surface area contributed by atoms with Gasteiger partial charge in [-0.15, -0.1) is 0 Å². The molecule has 0 aliphatic heterocycles. The van der Waals surface area contributed by atoms with Crippen molar-refractivity contribution in [1.82, 2.24) is 9.78 Å². The highest BCUT2D eigenvalue weighted by molar-refractivity contribution is 6.31. The fourth-order valence-corrected chi connectivity index (χ4v) is 2.56. The number of rotatable bonds is 3. The first kappa shape index (κ1) is 14.6. The van der Waals surface area contributed by atoms with Gasteiger partial charge in [-0.2, -0.15) is 10.4 Å². The van der Waals surface area contributed by atoms with Crippen LogP contribution in [0.3, 0.4) is 0 Å². The number of nitrogens with zero attached hydrogens (tertiary/aromatic N) is 3. The maximum Gasteiger partial charge on any atom is 0.150 e. The van der Waals surface area contributed by atoms with Crippen LogP contribution < -0.4 is 0 Å². The van der Waals surface area contributed by atoms with Crippen molar-refractivity contribution >= 4 is 11.6 Å². The molecule has 0 N–H and O–H groups in total. The molecule has 0 amide bonds. The molecular formula is C16H18ClN3. The monoisotopic (exact) mass is 287 g/mol. The summed E-state index contributed by atoms with van der Waals surface area (Å²) in [5, 5.41) is 14.2. The van der Waals surface area contributed by atoms with Gasteiger partial charge in [0, 0.05) is 0 Å². The van der Waals surface area contributed by atoms with Crippen molar-refractivity contribution in [2.75, 3.05) is 0 Å². The van der Waals surface area contributed by atoms with E-state index in [1.54, 1.807) is 4.68 Å². The van der Waals surface area contributed by atoms with E-state index in [1.807, 2.05) is 26.0 Å². The van der Waals surface area contributed by atoms with E-state index >= 15 is 0 Å². The quantitative estimate of drug-likeness (QED) is 0.848. The summed E-state index contributed by atoms with van der Waals surface area (Å²) in [6.45, 7) is 8.28. The molecule has 0 atom stereocenters. The molecule has 1 heterocycles. The number of hydrogen-bond acceptors (Lipinski definition) is 2. The molecule has 0 aliphatic rings. The number of hydrogen-bond donors (Lipinski definition) is 0. The lowest BCUT2D eigenvalue weighted by molar-refractivity contribution is 0.627. The highest BCUT2D eigenvalue weighted by Gasteiger charge is 2.18. The van der Waals surface area contributed by atoms with Crippen molar-refractivity contribution in [1.29, 1.82) is 5.26 Å². The number of nitriles is 1. The van der Waals surface area contributed by atoms with Gasteiger partial charge in [0.2, 0.25) is 0 Å². The smallest absolute Gasteiger partial charge is 0.150 e. The van der Waals surface area contributed by atoms with Gasteiger partial charge in [0.05, 0.1) is 11.4 Å². The highest BCUT2D eigenvalue weighted by Crippen LogP contribution is 2.26. The second-order valence-electron chi connectivity index (χ2n) is 5.52. The summed E-state index contributed by atoms with van der Waals surface area (Å²) in [5.74, 6) is 0.431. The van der Waals surface area contributed by atoms with Gasteiger partial charge < -0.3 is 0 Å². The lowest BCUT2D eigenvalue weighted by Gasteiger charge is -2.08. The van der Waals surface area contributed by atoms with Gasteiger partial charge in [-0.05, 0) is 37.8 Å². The van der Waals surface area contributed by atoms with Crippen LogP contribution in [0.25, 0.3) is 5.69 Å². The summed E-state index contributed by atoms with van der Waals surface area (Å²) in [6.07, 6.45) is 0.751. The largest absolute Gasteiger partial charge is 0.220 e. The summed E-state index contributed by atoms with van der Waals surface area (Å²) in [4.78, 5) is 0. The molecule has 104 valence electrons. The second-order valence-corrected chi connectivity index (χ2v) is 5.88. The van der Waals surface area contributed by atoms with E-state index in [2.05, 4.69) is 31.1 Å². The lowest BCUT2D eigenvalue weighted by Crippen LogP contribution is -2.01. The molecule has 0 saturated heterocycles. The number of aromatic nitrogens is 2. The fraction of sp³-hybridized carbons (Fsp3) is 0.375. The number of aryl methyl sites for hydroxylation is 2. The topological polar surface area (TPSA) is 41.6 Å². The average molecular weight is 288 g/mol. The van der Waals surface area contributed by atoms with Gasteiger partial charge in [-0.1, -0.05) is 43.1 Å². The van der Waals surface area contributed by atoms with Crippen LogP contribution in [0.15, 0.2) is 18.2 Å². The van der Waals surface area contributed by atoms with Crippen LogP contribution in [-0.4, -0.2) is 9.78 Å². The summed E-state index contributed by atoms with van der Waals surface area (Å²) in [6, 6.07) is 8.27. The Morgan fingerprint density at radius 2 is 2.05 bits per heavy atom. The maximum absolute atomic E-state index is 9.30. The summed E-state index contributed by atoms with van der Waals surface area (Å²) >= 11 is 6.34. The zero-order chi connectivity index (χ0) is 14.9.